The van der Waals surface area contributed by atoms with Crippen LogP contribution in [0.5, 0.6) is 0 Å². The molecule has 0 bridgehead atoms. The van der Waals surface area contributed by atoms with E-state index in [1.54, 1.807) is 0 Å². The molecule has 0 aromatic rings. The maximum Gasteiger partial charge on any atom is 0.219 e. The van der Waals surface area contributed by atoms with E-state index in [1.165, 1.54) is 11.8 Å². The molecule has 0 unspecified atom stereocenters. The third-order valence-corrected chi connectivity index (χ3v) is 2.10. The van der Waals surface area contributed by atoms with Gasteiger partial charge in [0.1, 0.15) is 0 Å². The van der Waals surface area contributed by atoms with Gasteiger partial charge in [-0.05, 0) is 6.42 Å². The minimum Gasteiger partial charge on any atom is -0.394 e. The molecule has 11 heavy (non-hydrogen) atoms. The van der Waals surface area contributed by atoms with Crippen molar-refractivity contribution in [3.63, 3.8) is 0 Å². The van der Waals surface area contributed by atoms with Gasteiger partial charge in [0.2, 0.25) is 5.91 Å². The van der Waals surface area contributed by atoms with Gasteiger partial charge >= 0.3 is 0 Å². The third kappa shape index (κ3) is 1.52. The van der Waals surface area contributed by atoms with E-state index in [4.69, 9.17) is 5.11 Å². The van der Waals surface area contributed by atoms with Gasteiger partial charge in [0.15, 0.2) is 0 Å². The van der Waals surface area contributed by atoms with Crippen molar-refractivity contribution in [3.8, 4) is 0 Å². The van der Waals surface area contributed by atoms with Crippen molar-refractivity contribution in [2.24, 2.45) is 0 Å². The maximum atomic E-state index is 10.9. The van der Waals surface area contributed by atoms with Gasteiger partial charge < -0.3 is 15.1 Å². The maximum absolute atomic E-state index is 10.9. The Kier molecular flexibility index (Phi) is 2.46. The Hall–Kier alpha value is -0.610. The standard InChI is InChI=1S/C7H13NO3/c1-5(10)8-3-2-7(11)6(8)4-9/h6-7,9,11H,2-4H2,1H3/t6-,7-/m1/s1. The number of carbonyl (C=O) groups is 1. The van der Waals surface area contributed by atoms with Crippen LogP contribution in [0.15, 0.2) is 0 Å². The Morgan fingerprint density at radius 2 is 2.36 bits per heavy atom. The van der Waals surface area contributed by atoms with E-state index < -0.39 is 6.10 Å². The average Bonchev–Trinajstić information content (AvgIpc) is 2.30. The Labute approximate surface area is 65.4 Å². The molecule has 0 spiro atoms. The highest BCUT2D eigenvalue weighted by atomic mass is 16.3. The van der Waals surface area contributed by atoms with Crippen LogP contribution < -0.4 is 0 Å². The number of likely N-dealkylation sites (tertiary alicyclic amines) is 1. The van der Waals surface area contributed by atoms with E-state index in [1.807, 2.05) is 0 Å². The van der Waals surface area contributed by atoms with Crippen LogP contribution in [0.3, 0.4) is 0 Å². The second kappa shape index (κ2) is 3.19. The van der Waals surface area contributed by atoms with E-state index in [-0.39, 0.29) is 18.6 Å². The van der Waals surface area contributed by atoms with Crippen molar-refractivity contribution >= 4 is 5.91 Å². The van der Waals surface area contributed by atoms with Gasteiger partial charge in [-0.2, -0.15) is 0 Å². The minimum atomic E-state index is -0.552. The van der Waals surface area contributed by atoms with Gasteiger partial charge in [-0.15, -0.1) is 0 Å². The predicted octanol–water partition coefficient (Wildman–Crippen LogP) is -1.04. The molecule has 0 saturated carbocycles. The van der Waals surface area contributed by atoms with Crippen LogP contribution in [0, 0.1) is 0 Å². The zero-order valence-electron chi connectivity index (χ0n) is 6.53. The van der Waals surface area contributed by atoms with Crippen LogP contribution in [0.4, 0.5) is 0 Å². The normalized spacial score (nSPS) is 31.0. The molecule has 64 valence electrons. The number of nitrogens with zero attached hydrogens (tertiary/aromatic N) is 1. The highest BCUT2D eigenvalue weighted by Gasteiger charge is 2.33. The molecule has 1 rings (SSSR count). The lowest BCUT2D eigenvalue weighted by Crippen LogP contribution is -2.40. The monoisotopic (exact) mass is 159 g/mol. The predicted molar refractivity (Wildman–Crippen MR) is 38.9 cm³/mol. The van der Waals surface area contributed by atoms with Crippen molar-refractivity contribution in [1.29, 1.82) is 0 Å². The summed E-state index contributed by atoms with van der Waals surface area (Å²) in [4.78, 5) is 12.4. The van der Waals surface area contributed by atoms with Gasteiger partial charge in [-0.3, -0.25) is 4.79 Å². The van der Waals surface area contributed by atoms with Crippen molar-refractivity contribution in [1.82, 2.24) is 4.90 Å². The number of hydrogen-bond donors (Lipinski definition) is 2. The summed E-state index contributed by atoms with van der Waals surface area (Å²) >= 11 is 0. The number of hydrogen-bond acceptors (Lipinski definition) is 3. The van der Waals surface area contributed by atoms with Gasteiger partial charge in [0.25, 0.3) is 0 Å². The summed E-state index contributed by atoms with van der Waals surface area (Å²) < 4.78 is 0. The third-order valence-electron chi connectivity index (χ3n) is 2.10. The largest absolute Gasteiger partial charge is 0.394 e. The fourth-order valence-corrected chi connectivity index (χ4v) is 1.45. The first kappa shape index (κ1) is 8.49. The van der Waals surface area contributed by atoms with Gasteiger partial charge in [-0.25, -0.2) is 0 Å². The summed E-state index contributed by atoms with van der Waals surface area (Å²) in [7, 11) is 0. The lowest BCUT2D eigenvalue weighted by Gasteiger charge is -2.22. The summed E-state index contributed by atoms with van der Waals surface area (Å²) in [6.07, 6.45) is 0.0223. The van der Waals surface area contributed by atoms with Crippen LogP contribution in [0.2, 0.25) is 0 Å². The fraction of sp³-hybridized carbons (Fsp3) is 0.857. The minimum absolute atomic E-state index is 0.0828. The Balaban J connectivity index is 2.61. The molecule has 4 nitrogen and oxygen atoms in total. The molecule has 0 aliphatic carbocycles. The van der Waals surface area contributed by atoms with E-state index in [0.29, 0.717) is 13.0 Å². The van der Waals surface area contributed by atoms with Crippen molar-refractivity contribution in [3.05, 3.63) is 0 Å². The first-order valence-electron chi connectivity index (χ1n) is 3.73. The van der Waals surface area contributed by atoms with Crippen LogP contribution in [0.25, 0.3) is 0 Å². The molecule has 0 aromatic carbocycles. The van der Waals surface area contributed by atoms with Crippen LogP contribution in [-0.2, 0) is 4.79 Å². The number of amides is 1. The Morgan fingerprint density at radius 3 is 2.73 bits per heavy atom. The van der Waals surface area contributed by atoms with Gasteiger partial charge in [0, 0.05) is 13.5 Å². The first-order chi connectivity index (χ1) is 5.16. The second-order valence-corrected chi connectivity index (χ2v) is 2.82. The molecular formula is C7H13NO3. The van der Waals surface area contributed by atoms with Crippen molar-refractivity contribution in [2.75, 3.05) is 13.2 Å². The average molecular weight is 159 g/mol. The summed E-state index contributed by atoms with van der Waals surface area (Å²) in [5, 5.41) is 18.1. The summed E-state index contributed by atoms with van der Waals surface area (Å²) in [5.41, 5.74) is 0. The van der Waals surface area contributed by atoms with Crippen LogP contribution in [-0.4, -0.2) is 46.3 Å². The quantitative estimate of drug-likeness (QED) is 0.514. The molecular weight excluding hydrogens is 146 g/mol. The molecule has 1 aliphatic rings. The van der Waals surface area contributed by atoms with E-state index >= 15 is 0 Å². The van der Waals surface area contributed by atoms with E-state index in [2.05, 4.69) is 0 Å². The first-order valence-corrected chi connectivity index (χ1v) is 3.73. The second-order valence-electron chi connectivity index (χ2n) is 2.82. The van der Waals surface area contributed by atoms with E-state index in [9.17, 15) is 9.90 Å². The molecule has 1 saturated heterocycles. The van der Waals surface area contributed by atoms with Gasteiger partial charge in [0.05, 0.1) is 18.8 Å². The summed E-state index contributed by atoms with van der Waals surface area (Å²) in [5.74, 6) is -0.0828. The molecule has 0 radical (unpaired) electrons. The van der Waals surface area contributed by atoms with Crippen LogP contribution in [0.1, 0.15) is 13.3 Å². The van der Waals surface area contributed by atoms with Gasteiger partial charge in [-0.1, -0.05) is 0 Å². The molecule has 1 amide bonds. The molecule has 4 heteroatoms. The zero-order chi connectivity index (χ0) is 8.43. The van der Waals surface area contributed by atoms with Crippen molar-refractivity contribution in [2.45, 2.75) is 25.5 Å². The van der Waals surface area contributed by atoms with Crippen LogP contribution >= 0.6 is 0 Å². The summed E-state index contributed by atoms with van der Waals surface area (Å²) in [6.45, 7) is 1.85. The highest BCUT2D eigenvalue weighted by Crippen LogP contribution is 2.16. The topological polar surface area (TPSA) is 60.8 Å². The lowest BCUT2D eigenvalue weighted by molar-refractivity contribution is -0.131. The highest BCUT2D eigenvalue weighted by molar-refractivity contribution is 5.74. The number of aliphatic hydroxyl groups excluding tert-OH is 2. The molecule has 1 aliphatic heterocycles. The number of carbonyl (C=O) groups excluding carboxylic acids is 1. The smallest absolute Gasteiger partial charge is 0.219 e. The van der Waals surface area contributed by atoms with Crippen molar-refractivity contribution < 1.29 is 15.0 Å². The zero-order valence-corrected chi connectivity index (χ0v) is 6.53. The number of rotatable bonds is 1. The Morgan fingerprint density at radius 1 is 1.73 bits per heavy atom. The number of aliphatic hydroxyl groups is 2. The fourth-order valence-electron chi connectivity index (χ4n) is 1.45. The molecule has 2 N–H and O–H groups in total. The lowest BCUT2D eigenvalue weighted by atomic mass is 10.2. The molecule has 1 heterocycles. The molecule has 1 fully saturated rings. The molecule has 2 atom stereocenters. The SMILES string of the molecule is CC(=O)N1CC[C@@H](O)[C@H]1CO. The molecule has 0 aromatic heterocycles. The summed E-state index contributed by atoms with van der Waals surface area (Å²) in [6, 6.07) is -0.382. The van der Waals surface area contributed by atoms with E-state index in [0.717, 1.165) is 0 Å². The Bertz CT molecular complexity index is 160.